The predicted molar refractivity (Wildman–Crippen MR) is 121 cm³/mol. The van der Waals surface area contributed by atoms with Crippen molar-refractivity contribution in [1.82, 2.24) is 0 Å². The Labute approximate surface area is 181 Å². The number of aryl methyl sites for hydroxylation is 2. The minimum atomic E-state index is -4.28. The second kappa shape index (κ2) is 8.59. The van der Waals surface area contributed by atoms with E-state index in [9.17, 15) is 14.2 Å². The Hall–Kier alpha value is -2.68. The molecule has 0 spiro atoms. The molecule has 0 heterocycles. The molecule has 0 saturated heterocycles. The molecule has 0 fully saturated rings. The fourth-order valence-electron chi connectivity index (χ4n) is 3.44. The van der Waals surface area contributed by atoms with Crippen LogP contribution in [0.1, 0.15) is 37.4 Å². The van der Waals surface area contributed by atoms with Crippen LogP contribution in [0.5, 0.6) is 5.75 Å². The van der Waals surface area contributed by atoms with Crippen LogP contribution in [0, 0.1) is 20.8 Å². The summed E-state index contributed by atoms with van der Waals surface area (Å²) >= 11 is 6.30. The second-order valence-electron chi connectivity index (χ2n) is 7.07. The fourth-order valence-corrected chi connectivity index (χ4v) is 6.21. The van der Waals surface area contributed by atoms with Crippen molar-refractivity contribution in [2.45, 2.75) is 20.8 Å². The van der Waals surface area contributed by atoms with E-state index >= 15 is 0 Å². The van der Waals surface area contributed by atoms with Crippen LogP contribution in [0.15, 0.2) is 60.7 Å². The van der Waals surface area contributed by atoms with Crippen molar-refractivity contribution < 1.29 is 18.9 Å². The van der Waals surface area contributed by atoms with Crippen molar-refractivity contribution in [3.05, 3.63) is 93.5 Å². The van der Waals surface area contributed by atoms with Gasteiger partial charge in [0.2, 0.25) is 18.2 Å². The molecule has 0 radical (unpaired) electrons. The summed E-state index contributed by atoms with van der Waals surface area (Å²) < 4.78 is 19.7. The van der Waals surface area contributed by atoms with Gasteiger partial charge in [0.15, 0.2) is 0 Å². The van der Waals surface area contributed by atoms with Gasteiger partial charge in [-0.1, -0.05) is 60.1 Å². The molecular formula is C24H22ClO4P. The first kappa shape index (κ1) is 22.0. The van der Waals surface area contributed by atoms with Crippen LogP contribution < -0.4 is 10.0 Å². The van der Waals surface area contributed by atoms with E-state index in [0.717, 1.165) is 5.56 Å². The summed E-state index contributed by atoms with van der Waals surface area (Å²) in [6.45, 7) is 5.44. The zero-order valence-corrected chi connectivity index (χ0v) is 18.9. The lowest BCUT2D eigenvalue weighted by Gasteiger charge is -2.21. The molecule has 0 aromatic heterocycles. The van der Waals surface area contributed by atoms with Gasteiger partial charge in [-0.2, -0.15) is 0 Å². The summed E-state index contributed by atoms with van der Waals surface area (Å²) in [6.07, 6.45) is 0. The fraction of sp³-hybridized carbons (Fsp3) is 0.167. The minimum Gasteiger partial charge on any atom is -0.496 e. The molecule has 0 saturated carbocycles. The van der Waals surface area contributed by atoms with Crippen molar-refractivity contribution in [2.75, 3.05) is 7.11 Å². The van der Waals surface area contributed by atoms with Crippen molar-refractivity contribution in [2.24, 2.45) is 0 Å². The molecule has 6 heteroatoms. The van der Waals surface area contributed by atoms with Crippen LogP contribution in [0.25, 0.3) is 0 Å². The summed E-state index contributed by atoms with van der Waals surface area (Å²) in [5, 5.41) is 0.253. The molecule has 0 N–H and O–H groups in total. The van der Waals surface area contributed by atoms with Crippen LogP contribution >= 0.6 is 18.7 Å². The number of carbonyl (C=O) groups is 2. The molecule has 154 valence electrons. The van der Waals surface area contributed by atoms with Gasteiger partial charge in [0.25, 0.3) is 0 Å². The Bertz CT molecular complexity index is 1190. The summed E-state index contributed by atoms with van der Waals surface area (Å²) in [4.78, 5) is 27.6. The molecule has 1 unspecified atom stereocenters. The van der Waals surface area contributed by atoms with Crippen molar-refractivity contribution in [1.29, 1.82) is 0 Å². The number of ether oxygens (including phenoxy) is 1. The van der Waals surface area contributed by atoms with Crippen molar-refractivity contribution in [3.8, 4) is 5.75 Å². The predicted octanol–water partition coefficient (Wildman–Crippen LogP) is 5.94. The molecule has 0 aliphatic heterocycles. The van der Waals surface area contributed by atoms with Crippen LogP contribution in [0.2, 0.25) is 5.02 Å². The van der Waals surface area contributed by atoms with E-state index < -0.39 is 18.2 Å². The smallest absolute Gasteiger partial charge is 0.248 e. The van der Waals surface area contributed by atoms with Gasteiger partial charge >= 0.3 is 0 Å². The Kier molecular flexibility index (Phi) is 6.30. The van der Waals surface area contributed by atoms with Gasteiger partial charge in [-0.25, -0.2) is 0 Å². The maximum absolute atomic E-state index is 14.4. The number of hydrogen-bond donors (Lipinski definition) is 0. The minimum absolute atomic E-state index is 0.0508. The first-order valence-electron chi connectivity index (χ1n) is 9.38. The summed E-state index contributed by atoms with van der Waals surface area (Å²) in [5.74, 6) is 0.175. The molecule has 0 aliphatic carbocycles. The van der Waals surface area contributed by atoms with Crippen molar-refractivity contribution >= 4 is 35.1 Å². The van der Waals surface area contributed by atoms with Gasteiger partial charge in [0.1, 0.15) is 5.75 Å². The van der Waals surface area contributed by atoms with Gasteiger partial charge in [0, 0.05) is 10.9 Å². The average molecular weight is 441 g/mol. The van der Waals surface area contributed by atoms with E-state index in [2.05, 4.69) is 0 Å². The van der Waals surface area contributed by atoms with Crippen LogP contribution in [-0.2, 0) is 4.57 Å². The lowest BCUT2D eigenvalue weighted by Crippen LogP contribution is -2.22. The third-order valence-electron chi connectivity index (χ3n) is 5.26. The summed E-state index contributed by atoms with van der Waals surface area (Å²) in [5.41, 5.74) is 0.979. The standard InChI is InChI=1S/C24H22ClO4P/c1-15-13-14-16(2)21(17(15)3)23(26)30(28,18-9-6-5-7-10-18)24(27)22-19(25)11-8-12-20(22)29-4/h5-14H,1-4H3. The Morgan fingerprint density at radius 1 is 0.800 bits per heavy atom. The molecule has 0 amide bonds. The zero-order valence-electron chi connectivity index (χ0n) is 17.2. The molecule has 0 aliphatic rings. The Morgan fingerprint density at radius 3 is 2.03 bits per heavy atom. The lowest BCUT2D eigenvalue weighted by atomic mass is 9.99. The molecule has 3 aromatic carbocycles. The maximum Gasteiger partial charge on any atom is 0.248 e. The summed E-state index contributed by atoms with van der Waals surface area (Å²) in [6, 6.07) is 16.5. The summed E-state index contributed by atoms with van der Waals surface area (Å²) in [7, 11) is -2.89. The van der Waals surface area contributed by atoms with E-state index in [-0.39, 0.29) is 21.6 Å². The average Bonchev–Trinajstić information content (AvgIpc) is 2.75. The molecule has 3 aromatic rings. The maximum atomic E-state index is 14.4. The highest BCUT2D eigenvalue weighted by Gasteiger charge is 2.45. The molecule has 30 heavy (non-hydrogen) atoms. The second-order valence-corrected chi connectivity index (χ2v) is 10.0. The number of carbonyl (C=O) groups excluding carboxylic acids is 2. The molecule has 0 bridgehead atoms. The van der Waals surface area contributed by atoms with E-state index in [1.165, 1.54) is 13.2 Å². The quantitative estimate of drug-likeness (QED) is 0.445. The number of benzene rings is 3. The number of halogens is 1. The van der Waals surface area contributed by atoms with Gasteiger partial charge in [-0.3, -0.25) is 9.59 Å². The normalized spacial score (nSPS) is 12.8. The largest absolute Gasteiger partial charge is 0.496 e. The van der Waals surface area contributed by atoms with Crippen LogP contribution in [-0.4, -0.2) is 18.2 Å². The van der Waals surface area contributed by atoms with Gasteiger partial charge < -0.3 is 9.30 Å². The van der Waals surface area contributed by atoms with Crippen LogP contribution in [0.3, 0.4) is 0 Å². The van der Waals surface area contributed by atoms with Gasteiger partial charge in [-0.15, -0.1) is 0 Å². The van der Waals surface area contributed by atoms with Gasteiger partial charge in [-0.05, 0) is 49.6 Å². The van der Waals surface area contributed by atoms with E-state index in [1.807, 2.05) is 13.0 Å². The number of rotatable bonds is 6. The topological polar surface area (TPSA) is 60.4 Å². The highest BCUT2D eigenvalue weighted by atomic mass is 35.5. The molecular weight excluding hydrogens is 419 g/mol. The van der Waals surface area contributed by atoms with E-state index in [4.69, 9.17) is 16.3 Å². The van der Waals surface area contributed by atoms with E-state index in [1.54, 1.807) is 62.4 Å². The highest BCUT2D eigenvalue weighted by Crippen LogP contribution is 2.53. The Morgan fingerprint density at radius 2 is 1.40 bits per heavy atom. The third kappa shape index (κ3) is 3.62. The SMILES string of the molecule is COc1cccc(Cl)c1C(=O)P(=O)(C(=O)c1c(C)ccc(C)c1C)c1ccccc1. The van der Waals surface area contributed by atoms with E-state index in [0.29, 0.717) is 16.7 Å². The number of methoxy groups -OCH3 is 1. The first-order valence-corrected chi connectivity index (χ1v) is 11.5. The van der Waals surface area contributed by atoms with Crippen molar-refractivity contribution in [3.63, 3.8) is 0 Å². The number of hydrogen-bond acceptors (Lipinski definition) is 4. The molecule has 1 atom stereocenters. The zero-order chi connectivity index (χ0) is 22.1. The lowest BCUT2D eigenvalue weighted by molar-refractivity contribution is 0.103. The monoisotopic (exact) mass is 440 g/mol. The molecule has 3 rings (SSSR count). The third-order valence-corrected chi connectivity index (χ3v) is 8.19. The van der Waals surface area contributed by atoms with Gasteiger partial charge in [0.05, 0.1) is 17.7 Å². The Balaban J connectivity index is 2.33. The first-order chi connectivity index (χ1) is 14.2. The highest BCUT2D eigenvalue weighted by molar-refractivity contribution is 8.01. The van der Waals surface area contributed by atoms with Crippen LogP contribution in [0.4, 0.5) is 0 Å². The molecule has 4 nitrogen and oxygen atoms in total.